The van der Waals surface area contributed by atoms with Crippen molar-refractivity contribution in [1.82, 2.24) is 0 Å². The van der Waals surface area contributed by atoms with Gasteiger partial charge in [-0.3, -0.25) is 4.72 Å². The highest BCUT2D eigenvalue weighted by Gasteiger charge is 2.17. The molecule has 0 fully saturated rings. The first kappa shape index (κ1) is 15.8. The third-order valence-electron chi connectivity index (χ3n) is 2.68. The van der Waals surface area contributed by atoms with Crippen LogP contribution in [0, 0.1) is 3.57 Å². The topological polar surface area (TPSA) is 83.5 Å². The lowest BCUT2D eigenvalue weighted by Gasteiger charge is -2.11. The third kappa shape index (κ3) is 4.43. The van der Waals surface area contributed by atoms with Crippen LogP contribution in [0.1, 0.15) is 15.9 Å². The van der Waals surface area contributed by atoms with Gasteiger partial charge in [0, 0.05) is 3.57 Å². The van der Waals surface area contributed by atoms with Gasteiger partial charge in [-0.25, -0.2) is 13.2 Å². The van der Waals surface area contributed by atoms with Crippen molar-refractivity contribution < 1.29 is 18.3 Å². The monoisotopic (exact) mass is 417 g/mol. The van der Waals surface area contributed by atoms with Gasteiger partial charge in [-0.1, -0.05) is 30.3 Å². The maximum absolute atomic E-state index is 12.1. The number of rotatable bonds is 5. The standard InChI is InChI=1S/C14H12INO4S/c15-11-6-7-13(12(8-11)14(17)18)16-21(19,20)9-10-4-2-1-3-5-10/h1-8,16H,9H2,(H,17,18). The van der Waals surface area contributed by atoms with Crippen LogP contribution in [0.2, 0.25) is 0 Å². The fraction of sp³-hybridized carbons (Fsp3) is 0.0714. The summed E-state index contributed by atoms with van der Waals surface area (Å²) >= 11 is 1.97. The molecule has 5 nitrogen and oxygen atoms in total. The molecule has 0 amide bonds. The summed E-state index contributed by atoms with van der Waals surface area (Å²) in [4.78, 5) is 11.2. The predicted octanol–water partition coefficient (Wildman–Crippen LogP) is 2.93. The number of halogens is 1. The lowest BCUT2D eigenvalue weighted by Crippen LogP contribution is -2.17. The summed E-state index contributed by atoms with van der Waals surface area (Å²) < 4.78 is 27.3. The Kier molecular flexibility index (Phi) is 4.84. The molecular formula is C14H12INO4S. The van der Waals surface area contributed by atoms with Crippen LogP contribution in [0.25, 0.3) is 0 Å². The minimum absolute atomic E-state index is 0.0684. The maximum Gasteiger partial charge on any atom is 0.337 e. The van der Waals surface area contributed by atoms with Crippen molar-refractivity contribution in [3.8, 4) is 0 Å². The zero-order valence-electron chi connectivity index (χ0n) is 10.8. The summed E-state index contributed by atoms with van der Waals surface area (Å²) in [5, 5.41) is 9.14. The largest absolute Gasteiger partial charge is 0.478 e. The van der Waals surface area contributed by atoms with Crippen molar-refractivity contribution in [2.45, 2.75) is 5.75 Å². The van der Waals surface area contributed by atoms with Crippen molar-refractivity contribution in [3.05, 3.63) is 63.2 Å². The second-order valence-corrected chi connectivity index (χ2v) is 7.31. The molecule has 0 aliphatic carbocycles. The molecule has 0 spiro atoms. The van der Waals surface area contributed by atoms with Crippen LogP contribution in [0.4, 0.5) is 5.69 Å². The number of benzene rings is 2. The van der Waals surface area contributed by atoms with E-state index in [0.29, 0.717) is 5.56 Å². The second-order valence-electron chi connectivity index (χ2n) is 4.34. The van der Waals surface area contributed by atoms with Crippen molar-refractivity contribution >= 4 is 44.3 Å². The Morgan fingerprint density at radius 3 is 2.43 bits per heavy atom. The molecule has 0 aliphatic heterocycles. The lowest BCUT2D eigenvalue weighted by atomic mass is 10.2. The normalized spacial score (nSPS) is 11.1. The van der Waals surface area contributed by atoms with E-state index in [1.807, 2.05) is 22.6 Å². The second kappa shape index (κ2) is 6.44. The maximum atomic E-state index is 12.1. The van der Waals surface area contributed by atoms with Crippen molar-refractivity contribution in [1.29, 1.82) is 0 Å². The van der Waals surface area contributed by atoms with Gasteiger partial charge >= 0.3 is 5.97 Å². The van der Waals surface area contributed by atoms with Crippen LogP contribution in [-0.2, 0) is 15.8 Å². The van der Waals surface area contributed by atoms with Crippen LogP contribution < -0.4 is 4.72 Å². The average Bonchev–Trinajstić information content (AvgIpc) is 2.41. The fourth-order valence-electron chi connectivity index (χ4n) is 1.78. The molecule has 2 rings (SSSR count). The van der Waals surface area contributed by atoms with E-state index in [2.05, 4.69) is 4.72 Å². The summed E-state index contributed by atoms with van der Waals surface area (Å²) in [5.41, 5.74) is 0.629. The Labute approximate surface area is 136 Å². The van der Waals surface area contributed by atoms with Crippen LogP contribution in [0.3, 0.4) is 0 Å². The fourth-order valence-corrected chi connectivity index (χ4v) is 3.49. The molecule has 2 N–H and O–H groups in total. The number of anilines is 1. The SMILES string of the molecule is O=C(O)c1cc(I)ccc1NS(=O)(=O)Cc1ccccc1. The van der Waals surface area contributed by atoms with Gasteiger partial charge in [0.25, 0.3) is 0 Å². The number of hydrogen-bond donors (Lipinski definition) is 2. The van der Waals surface area contributed by atoms with E-state index in [0.717, 1.165) is 3.57 Å². The van der Waals surface area contributed by atoms with E-state index in [1.165, 1.54) is 12.1 Å². The number of hydrogen-bond acceptors (Lipinski definition) is 3. The molecule has 0 radical (unpaired) electrons. The van der Waals surface area contributed by atoms with E-state index >= 15 is 0 Å². The quantitative estimate of drug-likeness (QED) is 0.733. The number of carboxylic acids is 1. The molecule has 0 aromatic heterocycles. The van der Waals surface area contributed by atoms with Gasteiger partial charge in [-0.15, -0.1) is 0 Å². The van der Waals surface area contributed by atoms with E-state index in [9.17, 15) is 13.2 Å². The van der Waals surface area contributed by atoms with E-state index < -0.39 is 16.0 Å². The van der Waals surface area contributed by atoms with Crippen LogP contribution in [-0.4, -0.2) is 19.5 Å². The molecular weight excluding hydrogens is 405 g/mol. The number of carbonyl (C=O) groups is 1. The highest BCUT2D eigenvalue weighted by atomic mass is 127. The number of carboxylic acid groups (broad SMARTS) is 1. The molecule has 21 heavy (non-hydrogen) atoms. The first-order valence-corrected chi connectivity index (χ1v) is 8.68. The predicted molar refractivity (Wildman–Crippen MR) is 88.8 cm³/mol. The Bertz CT molecular complexity index is 760. The Hall–Kier alpha value is -1.61. The first-order valence-electron chi connectivity index (χ1n) is 5.95. The van der Waals surface area contributed by atoms with Gasteiger partial charge in [0.05, 0.1) is 17.0 Å². The number of nitrogens with one attached hydrogen (secondary N) is 1. The Morgan fingerprint density at radius 2 is 1.81 bits per heavy atom. The van der Waals surface area contributed by atoms with E-state index in [1.54, 1.807) is 36.4 Å². The van der Waals surface area contributed by atoms with Gasteiger partial charge < -0.3 is 5.11 Å². The van der Waals surface area contributed by atoms with Gasteiger partial charge in [0.1, 0.15) is 0 Å². The summed E-state index contributed by atoms with van der Waals surface area (Å²) in [6, 6.07) is 13.2. The highest BCUT2D eigenvalue weighted by Crippen LogP contribution is 2.21. The number of sulfonamides is 1. The van der Waals surface area contributed by atoms with Crippen molar-refractivity contribution in [2.75, 3.05) is 4.72 Å². The molecule has 7 heteroatoms. The molecule has 0 saturated heterocycles. The summed E-state index contributed by atoms with van der Waals surface area (Å²) in [6.45, 7) is 0. The zero-order chi connectivity index (χ0) is 15.5. The van der Waals surface area contributed by atoms with Crippen LogP contribution in [0.15, 0.2) is 48.5 Å². The summed E-state index contributed by atoms with van der Waals surface area (Å²) in [5.74, 6) is -1.38. The van der Waals surface area contributed by atoms with Crippen LogP contribution >= 0.6 is 22.6 Å². The molecule has 0 saturated carbocycles. The minimum atomic E-state index is -3.67. The van der Waals surface area contributed by atoms with Gasteiger partial charge in [-0.05, 0) is 46.4 Å². The molecule has 0 heterocycles. The molecule has 110 valence electrons. The van der Waals surface area contributed by atoms with Gasteiger partial charge in [0.2, 0.25) is 10.0 Å². The van der Waals surface area contributed by atoms with Gasteiger partial charge in [-0.2, -0.15) is 0 Å². The van der Waals surface area contributed by atoms with E-state index in [-0.39, 0.29) is 17.0 Å². The molecule has 0 aliphatic rings. The molecule has 0 bridgehead atoms. The third-order valence-corrected chi connectivity index (χ3v) is 4.59. The summed E-state index contributed by atoms with van der Waals surface area (Å²) in [6.07, 6.45) is 0. The molecule has 2 aromatic carbocycles. The minimum Gasteiger partial charge on any atom is -0.478 e. The van der Waals surface area contributed by atoms with E-state index in [4.69, 9.17) is 5.11 Å². The van der Waals surface area contributed by atoms with Gasteiger partial charge in [0.15, 0.2) is 0 Å². The average molecular weight is 417 g/mol. The summed E-state index contributed by atoms with van der Waals surface area (Å²) in [7, 11) is -3.67. The molecule has 2 aromatic rings. The Morgan fingerprint density at radius 1 is 1.14 bits per heavy atom. The first-order chi connectivity index (χ1) is 9.87. The van der Waals surface area contributed by atoms with Crippen LogP contribution in [0.5, 0.6) is 0 Å². The molecule has 0 atom stereocenters. The molecule has 0 unspecified atom stereocenters. The zero-order valence-corrected chi connectivity index (χ0v) is 13.8. The lowest BCUT2D eigenvalue weighted by molar-refractivity contribution is 0.0698. The number of aromatic carboxylic acids is 1. The van der Waals surface area contributed by atoms with Crippen molar-refractivity contribution in [2.24, 2.45) is 0 Å². The highest BCUT2D eigenvalue weighted by molar-refractivity contribution is 14.1. The smallest absolute Gasteiger partial charge is 0.337 e. The Balaban J connectivity index is 2.27. The van der Waals surface area contributed by atoms with Crippen molar-refractivity contribution in [3.63, 3.8) is 0 Å².